The average Bonchev–Trinajstić information content (AvgIpc) is 2.95. The van der Waals surface area contributed by atoms with Gasteiger partial charge in [-0.2, -0.15) is 0 Å². The van der Waals surface area contributed by atoms with Crippen LogP contribution in [0.3, 0.4) is 0 Å². The molecule has 0 unspecified atom stereocenters. The van der Waals surface area contributed by atoms with E-state index in [1.54, 1.807) is 4.90 Å². The first kappa shape index (κ1) is 23.7. The average molecular weight is 384 g/mol. The molecule has 0 aliphatic carbocycles. The normalized spacial score (nSPS) is 19.3. The van der Waals surface area contributed by atoms with Crippen LogP contribution < -0.4 is 5.32 Å². The highest BCUT2D eigenvalue weighted by Crippen LogP contribution is 2.25. The Bertz CT molecular complexity index is 492. The number of rotatable bonds is 7. The number of nitrogens with one attached hydrogen (secondary N) is 1. The Hall–Kier alpha value is -1.30. The summed E-state index contributed by atoms with van der Waals surface area (Å²) < 4.78 is 5.44. The van der Waals surface area contributed by atoms with Crippen LogP contribution in [0.15, 0.2) is 0 Å². The van der Waals surface area contributed by atoms with Crippen LogP contribution in [-0.4, -0.2) is 67.2 Å². The lowest BCUT2D eigenvalue weighted by atomic mass is 9.84. The van der Waals surface area contributed by atoms with E-state index in [1.165, 1.54) is 0 Å². The SMILES string of the molecule is CN(C)CC[C@H](NC(=O)CC[C@@H]1CCN(C(=O)OC(C)(C)C)C1)C(C)(C)C. The smallest absolute Gasteiger partial charge is 0.410 e. The Kier molecular flexibility index (Phi) is 8.58. The van der Waals surface area contributed by atoms with Crippen molar-refractivity contribution in [2.45, 2.75) is 78.9 Å². The van der Waals surface area contributed by atoms with Crippen LogP contribution in [0.1, 0.15) is 67.2 Å². The fourth-order valence-corrected chi connectivity index (χ4v) is 3.27. The molecule has 2 amide bonds. The molecule has 0 radical (unpaired) electrons. The summed E-state index contributed by atoms with van der Waals surface area (Å²) in [6.07, 6.45) is 2.97. The monoisotopic (exact) mass is 383 g/mol. The summed E-state index contributed by atoms with van der Waals surface area (Å²) in [4.78, 5) is 28.5. The first-order valence-electron chi connectivity index (χ1n) is 10.2. The van der Waals surface area contributed by atoms with Crippen molar-refractivity contribution in [3.05, 3.63) is 0 Å². The van der Waals surface area contributed by atoms with E-state index in [2.05, 4.69) is 45.1 Å². The lowest BCUT2D eigenvalue weighted by Crippen LogP contribution is -2.45. The Morgan fingerprint density at radius 3 is 2.33 bits per heavy atom. The van der Waals surface area contributed by atoms with Gasteiger partial charge in [0, 0.05) is 25.6 Å². The number of carbonyl (C=O) groups is 2. The van der Waals surface area contributed by atoms with Crippen LogP contribution in [0.2, 0.25) is 0 Å². The molecule has 6 heteroatoms. The lowest BCUT2D eigenvalue weighted by molar-refractivity contribution is -0.122. The second kappa shape index (κ2) is 9.76. The Balaban J connectivity index is 2.42. The highest BCUT2D eigenvalue weighted by atomic mass is 16.6. The molecule has 27 heavy (non-hydrogen) atoms. The highest BCUT2D eigenvalue weighted by Gasteiger charge is 2.30. The van der Waals surface area contributed by atoms with E-state index in [-0.39, 0.29) is 23.5 Å². The largest absolute Gasteiger partial charge is 0.444 e. The molecular weight excluding hydrogens is 342 g/mol. The summed E-state index contributed by atoms with van der Waals surface area (Å²) in [6, 6.07) is 0.161. The predicted octanol–water partition coefficient (Wildman–Crippen LogP) is 3.51. The van der Waals surface area contributed by atoms with Crippen molar-refractivity contribution in [3.8, 4) is 0 Å². The van der Waals surface area contributed by atoms with Gasteiger partial charge < -0.3 is 19.9 Å². The molecule has 1 rings (SSSR count). The maximum atomic E-state index is 12.5. The molecular formula is C21H41N3O3. The molecule has 1 aliphatic heterocycles. The predicted molar refractivity (Wildman–Crippen MR) is 110 cm³/mol. The number of carbonyl (C=O) groups excluding carboxylic acids is 2. The number of hydrogen-bond acceptors (Lipinski definition) is 4. The Morgan fingerprint density at radius 2 is 1.81 bits per heavy atom. The topological polar surface area (TPSA) is 61.9 Å². The molecule has 1 saturated heterocycles. The molecule has 0 saturated carbocycles. The minimum Gasteiger partial charge on any atom is -0.444 e. The van der Waals surface area contributed by atoms with Crippen molar-refractivity contribution < 1.29 is 14.3 Å². The highest BCUT2D eigenvalue weighted by molar-refractivity contribution is 5.76. The van der Waals surface area contributed by atoms with Gasteiger partial charge in [0.1, 0.15) is 5.60 Å². The van der Waals surface area contributed by atoms with Crippen LogP contribution in [0.5, 0.6) is 0 Å². The summed E-state index contributed by atoms with van der Waals surface area (Å²) >= 11 is 0. The third-order valence-electron chi connectivity index (χ3n) is 4.96. The molecule has 158 valence electrons. The zero-order valence-corrected chi connectivity index (χ0v) is 18.7. The molecule has 1 aliphatic rings. The molecule has 0 aromatic rings. The first-order chi connectivity index (χ1) is 12.3. The maximum Gasteiger partial charge on any atom is 0.410 e. The Labute approximate surface area is 166 Å². The van der Waals surface area contributed by atoms with Crippen molar-refractivity contribution in [1.29, 1.82) is 0 Å². The molecule has 1 N–H and O–H groups in total. The summed E-state index contributed by atoms with van der Waals surface area (Å²) in [5.41, 5.74) is -0.434. The number of amides is 2. The van der Waals surface area contributed by atoms with Gasteiger partial charge in [0.2, 0.25) is 5.91 Å². The van der Waals surface area contributed by atoms with E-state index < -0.39 is 5.60 Å². The standard InChI is InChI=1S/C21H41N3O3/c1-20(2,3)17(12-13-23(7)8)22-18(25)10-9-16-11-14-24(15-16)19(26)27-21(4,5)6/h16-17H,9-15H2,1-8H3,(H,22,25)/t16-,17+/m1/s1. The number of hydrogen-bond donors (Lipinski definition) is 1. The minimum absolute atomic E-state index is 0.0343. The summed E-state index contributed by atoms with van der Waals surface area (Å²) in [6.45, 7) is 14.5. The van der Waals surface area contributed by atoms with Gasteiger partial charge in [0.15, 0.2) is 0 Å². The third kappa shape index (κ3) is 9.45. The van der Waals surface area contributed by atoms with E-state index in [0.717, 1.165) is 25.8 Å². The molecule has 0 aromatic carbocycles. The van der Waals surface area contributed by atoms with E-state index in [9.17, 15) is 9.59 Å². The minimum atomic E-state index is -0.469. The van der Waals surface area contributed by atoms with Crippen LogP contribution >= 0.6 is 0 Å². The van der Waals surface area contributed by atoms with Crippen molar-refractivity contribution in [3.63, 3.8) is 0 Å². The fourth-order valence-electron chi connectivity index (χ4n) is 3.27. The number of nitrogens with zero attached hydrogens (tertiary/aromatic N) is 2. The van der Waals surface area contributed by atoms with Crippen LogP contribution in [0.4, 0.5) is 4.79 Å². The maximum absolute atomic E-state index is 12.5. The van der Waals surface area contributed by atoms with Gasteiger partial charge in [-0.15, -0.1) is 0 Å². The van der Waals surface area contributed by atoms with E-state index in [0.29, 0.717) is 25.4 Å². The molecule has 1 heterocycles. The summed E-state index contributed by atoms with van der Waals surface area (Å²) in [7, 11) is 4.11. The number of likely N-dealkylation sites (tertiary alicyclic amines) is 1. The van der Waals surface area contributed by atoms with Crippen LogP contribution in [0.25, 0.3) is 0 Å². The van der Waals surface area contributed by atoms with Gasteiger partial charge in [0.05, 0.1) is 0 Å². The van der Waals surface area contributed by atoms with Gasteiger partial charge >= 0.3 is 6.09 Å². The lowest BCUT2D eigenvalue weighted by Gasteiger charge is -2.32. The molecule has 6 nitrogen and oxygen atoms in total. The molecule has 2 atom stereocenters. The van der Waals surface area contributed by atoms with E-state index >= 15 is 0 Å². The van der Waals surface area contributed by atoms with Gasteiger partial charge in [-0.25, -0.2) is 4.79 Å². The molecule has 1 fully saturated rings. The van der Waals surface area contributed by atoms with E-state index in [1.807, 2.05) is 20.8 Å². The fraction of sp³-hybridized carbons (Fsp3) is 0.905. The Morgan fingerprint density at radius 1 is 1.19 bits per heavy atom. The van der Waals surface area contributed by atoms with Crippen molar-refractivity contribution in [2.75, 3.05) is 33.7 Å². The van der Waals surface area contributed by atoms with Gasteiger partial charge in [-0.1, -0.05) is 20.8 Å². The van der Waals surface area contributed by atoms with Gasteiger partial charge in [-0.05, 0) is 72.0 Å². The van der Waals surface area contributed by atoms with Crippen LogP contribution in [0, 0.1) is 11.3 Å². The molecule has 0 spiro atoms. The zero-order valence-electron chi connectivity index (χ0n) is 18.7. The zero-order chi connectivity index (χ0) is 20.8. The van der Waals surface area contributed by atoms with Crippen molar-refractivity contribution >= 4 is 12.0 Å². The van der Waals surface area contributed by atoms with Crippen molar-refractivity contribution in [2.24, 2.45) is 11.3 Å². The quantitative estimate of drug-likeness (QED) is 0.731. The van der Waals surface area contributed by atoms with Gasteiger partial charge in [0.25, 0.3) is 0 Å². The second-order valence-corrected chi connectivity index (χ2v) is 10.2. The third-order valence-corrected chi connectivity index (χ3v) is 4.96. The summed E-state index contributed by atoms with van der Waals surface area (Å²) in [5, 5.41) is 3.23. The second-order valence-electron chi connectivity index (χ2n) is 10.2. The van der Waals surface area contributed by atoms with E-state index in [4.69, 9.17) is 4.74 Å². The first-order valence-corrected chi connectivity index (χ1v) is 10.2. The number of ether oxygens (including phenoxy) is 1. The van der Waals surface area contributed by atoms with Crippen LogP contribution in [-0.2, 0) is 9.53 Å². The summed E-state index contributed by atoms with van der Waals surface area (Å²) in [5.74, 6) is 0.488. The van der Waals surface area contributed by atoms with Crippen molar-refractivity contribution in [1.82, 2.24) is 15.1 Å². The molecule has 0 bridgehead atoms. The van der Waals surface area contributed by atoms with Gasteiger partial charge in [-0.3, -0.25) is 4.79 Å². The molecule has 0 aromatic heterocycles.